The van der Waals surface area contributed by atoms with Gasteiger partial charge in [-0.3, -0.25) is 0 Å². The van der Waals surface area contributed by atoms with Gasteiger partial charge in [-0.2, -0.15) is 5.26 Å². The summed E-state index contributed by atoms with van der Waals surface area (Å²) in [5, 5.41) is 8.95. The molecule has 0 spiro atoms. The molecule has 0 heterocycles. The Bertz CT molecular complexity index is 344. The lowest BCUT2D eigenvalue weighted by Crippen LogP contribution is -1.98. The molecule has 1 atom stereocenters. The van der Waals surface area contributed by atoms with Crippen LogP contribution >= 0.6 is 22.5 Å². The van der Waals surface area contributed by atoms with E-state index in [9.17, 15) is 0 Å². The Morgan fingerprint density at radius 3 is 2.85 bits per heavy atom. The number of hydrogen-bond donors (Lipinski definition) is 2. The molecule has 0 bridgehead atoms. The Balaban J connectivity index is 3.17. The summed E-state index contributed by atoms with van der Waals surface area (Å²) in [6.45, 7) is 2.00. The second kappa shape index (κ2) is 4.45. The molecule has 1 unspecified atom stereocenters. The van der Waals surface area contributed by atoms with Crippen LogP contribution in [0.4, 0.5) is 5.69 Å². The summed E-state index contributed by atoms with van der Waals surface area (Å²) in [6.07, 6.45) is 0. The molecule has 0 aliphatic heterocycles. The van der Waals surface area contributed by atoms with Crippen LogP contribution in [0.25, 0.3) is 0 Å². The number of anilines is 1. The largest absolute Gasteiger partial charge is 0.397 e. The van der Waals surface area contributed by atoms with Gasteiger partial charge in [-0.15, -0.1) is 11.7 Å². The van der Waals surface area contributed by atoms with E-state index in [1.807, 2.05) is 19.1 Å². The van der Waals surface area contributed by atoms with Crippen LogP contribution in [0.5, 0.6) is 0 Å². The van der Waals surface area contributed by atoms with Crippen LogP contribution in [0.15, 0.2) is 18.2 Å². The lowest BCUT2D eigenvalue weighted by molar-refractivity contribution is 1.11. The van der Waals surface area contributed by atoms with Gasteiger partial charge in [0.15, 0.2) is 0 Å². The summed E-state index contributed by atoms with van der Waals surface area (Å²) >= 11 is 4.12. The normalized spacial score (nSPS) is 12.1. The molecule has 0 fully saturated rings. The van der Waals surface area contributed by atoms with Crippen molar-refractivity contribution in [1.29, 1.82) is 5.26 Å². The van der Waals surface area contributed by atoms with Crippen molar-refractivity contribution in [3.05, 3.63) is 29.3 Å². The highest BCUT2D eigenvalue weighted by Crippen LogP contribution is 2.34. The highest BCUT2D eigenvalue weighted by Gasteiger charge is 2.10. The van der Waals surface area contributed by atoms with Crippen molar-refractivity contribution < 1.29 is 0 Å². The van der Waals surface area contributed by atoms with E-state index in [4.69, 9.17) is 11.0 Å². The Kier molecular flexibility index (Phi) is 3.52. The summed E-state index contributed by atoms with van der Waals surface area (Å²) in [5.41, 5.74) is 7.87. The minimum atomic E-state index is 0.205. The third-order valence-corrected chi connectivity index (χ3v) is 3.38. The van der Waals surface area contributed by atoms with Crippen LogP contribution in [-0.2, 0) is 0 Å². The van der Waals surface area contributed by atoms with Crippen molar-refractivity contribution in [2.24, 2.45) is 0 Å². The van der Waals surface area contributed by atoms with Crippen LogP contribution in [-0.4, -0.2) is 0 Å². The number of nitriles is 1. The van der Waals surface area contributed by atoms with E-state index in [0.717, 1.165) is 5.56 Å². The van der Waals surface area contributed by atoms with Crippen molar-refractivity contribution in [3.63, 3.8) is 0 Å². The predicted octanol–water partition coefficient (Wildman–Crippen LogP) is 2.78. The molecular weight excluding hydrogens is 200 g/mol. The number of thiol groups is 1. The number of rotatable bonds is 2. The minimum Gasteiger partial charge on any atom is -0.397 e. The van der Waals surface area contributed by atoms with E-state index in [-0.39, 0.29) is 5.25 Å². The van der Waals surface area contributed by atoms with Crippen molar-refractivity contribution in [2.75, 3.05) is 5.73 Å². The highest BCUT2D eigenvalue weighted by atomic mass is 33.1. The molecule has 0 aliphatic carbocycles. The van der Waals surface area contributed by atoms with Gasteiger partial charge in [0.2, 0.25) is 0 Å². The Hall–Kier alpha value is -0.790. The zero-order valence-electron chi connectivity index (χ0n) is 7.19. The van der Waals surface area contributed by atoms with Crippen LogP contribution in [0.1, 0.15) is 23.3 Å². The molecular formula is C9H10N2S2. The van der Waals surface area contributed by atoms with Crippen molar-refractivity contribution in [2.45, 2.75) is 12.2 Å². The molecule has 0 saturated heterocycles. The van der Waals surface area contributed by atoms with Crippen molar-refractivity contribution >= 4 is 28.1 Å². The van der Waals surface area contributed by atoms with Gasteiger partial charge >= 0.3 is 0 Å². The zero-order valence-corrected chi connectivity index (χ0v) is 8.90. The first-order chi connectivity index (χ1) is 6.20. The summed E-state index contributed by atoms with van der Waals surface area (Å²) in [4.78, 5) is 0. The Morgan fingerprint density at radius 1 is 1.62 bits per heavy atom. The van der Waals surface area contributed by atoms with E-state index in [2.05, 4.69) is 17.7 Å². The molecule has 1 aromatic rings. The van der Waals surface area contributed by atoms with E-state index in [0.29, 0.717) is 11.3 Å². The molecule has 68 valence electrons. The standard InChI is InChI=1S/C9H10N2S2/c1-6(13-12)8-4-2-3-7(5-10)9(8)11/h2-4,6,12H,11H2,1H3. The molecule has 0 aliphatic rings. The summed E-state index contributed by atoms with van der Waals surface area (Å²) in [6, 6.07) is 7.53. The Labute approximate surface area is 86.9 Å². The average Bonchev–Trinajstić information content (AvgIpc) is 2.17. The summed E-state index contributed by atoms with van der Waals surface area (Å²) < 4.78 is 0. The van der Waals surface area contributed by atoms with Gasteiger partial charge in [0.1, 0.15) is 6.07 Å². The third-order valence-electron chi connectivity index (χ3n) is 1.86. The maximum Gasteiger partial charge on any atom is 0.101 e. The minimum absolute atomic E-state index is 0.205. The van der Waals surface area contributed by atoms with Crippen molar-refractivity contribution in [1.82, 2.24) is 0 Å². The molecule has 2 nitrogen and oxygen atoms in total. The first-order valence-electron chi connectivity index (χ1n) is 3.79. The Morgan fingerprint density at radius 2 is 2.31 bits per heavy atom. The molecule has 1 aromatic carbocycles. The molecule has 0 aromatic heterocycles. The molecule has 13 heavy (non-hydrogen) atoms. The molecule has 0 radical (unpaired) electrons. The van der Waals surface area contributed by atoms with Gasteiger partial charge in [0.25, 0.3) is 0 Å². The van der Waals surface area contributed by atoms with Gasteiger partial charge in [-0.1, -0.05) is 22.9 Å². The lowest BCUT2D eigenvalue weighted by atomic mass is 10.1. The monoisotopic (exact) mass is 210 g/mol. The summed E-state index contributed by atoms with van der Waals surface area (Å²) in [5.74, 6) is 0. The van der Waals surface area contributed by atoms with Crippen LogP contribution in [0.3, 0.4) is 0 Å². The molecule has 4 heteroatoms. The van der Waals surface area contributed by atoms with Gasteiger partial charge in [0.05, 0.1) is 11.3 Å². The fourth-order valence-corrected chi connectivity index (χ4v) is 1.75. The van der Waals surface area contributed by atoms with E-state index >= 15 is 0 Å². The second-order valence-electron chi connectivity index (χ2n) is 2.67. The number of nitrogens with zero attached hydrogens (tertiary/aromatic N) is 1. The predicted molar refractivity (Wildman–Crippen MR) is 60.6 cm³/mol. The quantitative estimate of drug-likeness (QED) is 0.448. The topological polar surface area (TPSA) is 49.8 Å². The molecule has 0 amide bonds. The molecule has 1 rings (SSSR count). The van der Waals surface area contributed by atoms with Gasteiger partial charge < -0.3 is 5.73 Å². The maximum atomic E-state index is 8.74. The molecule has 0 saturated carbocycles. The zero-order chi connectivity index (χ0) is 9.84. The first-order valence-corrected chi connectivity index (χ1v) is 5.72. The fraction of sp³-hybridized carbons (Fsp3) is 0.222. The van der Waals surface area contributed by atoms with Gasteiger partial charge in [-0.25, -0.2) is 0 Å². The van der Waals surface area contributed by atoms with Gasteiger partial charge in [0, 0.05) is 5.25 Å². The average molecular weight is 210 g/mol. The SMILES string of the molecule is CC(SS)c1cccc(C#N)c1N. The van der Waals surface area contributed by atoms with E-state index < -0.39 is 0 Å². The van der Waals surface area contributed by atoms with Crippen LogP contribution < -0.4 is 5.73 Å². The number of nitrogens with two attached hydrogens (primary N) is 1. The lowest BCUT2D eigenvalue weighted by Gasteiger charge is -2.11. The van der Waals surface area contributed by atoms with Crippen LogP contribution in [0, 0.1) is 11.3 Å². The van der Waals surface area contributed by atoms with Gasteiger partial charge in [-0.05, 0) is 18.6 Å². The maximum absolute atomic E-state index is 8.74. The number of para-hydroxylation sites is 1. The highest BCUT2D eigenvalue weighted by molar-refractivity contribution is 8.68. The smallest absolute Gasteiger partial charge is 0.101 e. The number of nitrogen functional groups attached to an aromatic ring is 1. The van der Waals surface area contributed by atoms with Crippen LogP contribution in [0.2, 0.25) is 0 Å². The van der Waals surface area contributed by atoms with E-state index in [1.54, 1.807) is 6.07 Å². The summed E-state index contributed by atoms with van der Waals surface area (Å²) in [7, 11) is 1.42. The second-order valence-corrected chi connectivity index (χ2v) is 4.22. The van der Waals surface area contributed by atoms with E-state index in [1.165, 1.54) is 10.8 Å². The van der Waals surface area contributed by atoms with Crippen molar-refractivity contribution in [3.8, 4) is 6.07 Å². The first kappa shape index (κ1) is 10.3. The fourth-order valence-electron chi connectivity index (χ4n) is 1.09. The number of benzene rings is 1. The number of hydrogen-bond acceptors (Lipinski definition) is 4. The molecule has 2 N–H and O–H groups in total. The third kappa shape index (κ3) is 2.11.